The molecule has 0 aliphatic carbocycles. The van der Waals surface area contributed by atoms with Crippen LogP contribution in [-0.2, 0) is 9.59 Å². The Bertz CT molecular complexity index is 540. The summed E-state index contributed by atoms with van der Waals surface area (Å²) in [5.74, 6) is 0.735. The first kappa shape index (κ1) is 12.0. The summed E-state index contributed by atoms with van der Waals surface area (Å²) in [6, 6.07) is 5.68. The maximum atomic E-state index is 11.7. The molecule has 2 atom stereocenters. The number of carbonyl (C=O) groups is 2. The number of imide groups is 1. The lowest BCUT2D eigenvalue weighted by Crippen LogP contribution is -2.24. The van der Waals surface area contributed by atoms with Crippen LogP contribution < -0.4 is 14.8 Å². The van der Waals surface area contributed by atoms with E-state index in [0.717, 1.165) is 11.3 Å². The lowest BCUT2D eigenvalue weighted by Gasteiger charge is -2.22. The highest BCUT2D eigenvalue weighted by Gasteiger charge is 2.35. The smallest absolute Gasteiger partial charge is 0.230 e. The fourth-order valence-corrected chi connectivity index (χ4v) is 2.55. The van der Waals surface area contributed by atoms with Gasteiger partial charge in [0.05, 0.1) is 5.92 Å². The Kier molecular flexibility index (Phi) is 2.89. The van der Waals surface area contributed by atoms with Gasteiger partial charge in [0.25, 0.3) is 0 Å². The Hall–Kier alpha value is -2.04. The summed E-state index contributed by atoms with van der Waals surface area (Å²) in [6.07, 6.45) is 0.258. The molecule has 1 aromatic carbocycles. The predicted octanol–water partition coefficient (Wildman–Crippen LogP) is 1.22. The van der Waals surface area contributed by atoms with Crippen molar-refractivity contribution in [2.75, 3.05) is 13.2 Å². The van der Waals surface area contributed by atoms with Gasteiger partial charge in [0.1, 0.15) is 13.2 Å². The first-order valence-electron chi connectivity index (χ1n) is 6.38. The molecule has 5 nitrogen and oxygen atoms in total. The van der Waals surface area contributed by atoms with E-state index in [4.69, 9.17) is 9.47 Å². The van der Waals surface area contributed by atoms with E-state index in [2.05, 4.69) is 5.32 Å². The molecule has 5 heteroatoms. The molecule has 1 N–H and O–H groups in total. The molecule has 1 saturated heterocycles. The van der Waals surface area contributed by atoms with E-state index in [0.29, 0.717) is 19.0 Å². The molecule has 2 heterocycles. The third kappa shape index (κ3) is 2.16. The summed E-state index contributed by atoms with van der Waals surface area (Å²) >= 11 is 0. The second-order valence-corrected chi connectivity index (χ2v) is 4.91. The monoisotopic (exact) mass is 261 g/mol. The van der Waals surface area contributed by atoms with Crippen molar-refractivity contribution in [2.45, 2.75) is 19.3 Å². The Balaban J connectivity index is 1.85. The van der Waals surface area contributed by atoms with Crippen LogP contribution in [0.15, 0.2) is 18.2 Å². The zero-order chi connectivity index (χ0) is 13.4. The zero-order valence-corrected chi connectivity index (χ0v) is 10.6. The second-order valence-electron chi connectivity index (χ2n) is 4.91. The molecule has 2 aliphatic heterocycles. The summed E-state index contributed by atoms with van der Waals surface area (Å²) in [7, 11) is 0. The van der Waals surface area contributed by atoms with Crippen LogP contribution in [0.3, 0.4) is 0 Å². The fourth-order valence-electron chi connectivity index (χ4n) is 2.55. The van der Waals surface area contributed by atoms with Crippen molar-refractivity contribution in [2.24, 2.45) is 5.92 Å². The van der Waals surface area contributed by atoms with Gasteiger partial charge in [0.2, 0.25) is 11.8 Å². The lowest BCUT2D eigenvalue weighted by molar-refractivity contribution is -0.126. The van der Waals surface area contributed by atoms with E-state index >= 15 is 0 Å². The minimum Gasteiger partial charge on any atom is -0.486 e. The van der Waals surface area contributed by atoms with Gasteiger partial charge < -0.3 is 9.47 Å². The van der Waals surface area contributed by atoms with Crippen LogP contribution in [0.1, 0.15) is 24.8 Å². The van der Waals surface area contributed by atoms with Gasteiger partial charge in [-0.05, 0) is 23.6 Å². The average Bonchev–Trinajstić information content (AvgIpc) is 2.76. The molecule has 1 fully saturated rings. The van der Waals surface area contributed by atoms with Crippen LogP contribution in [0.4, 0.5) is 0 Å². The summed E-state index contributed by atoms with van der Waals surface area (Å²) in [5, 5.41) is 2.35. The maximum absolute atomic E-state index is 11.7. The number of benzene rings is 1. The third-order valence-electron chi connectivity index (χ3n) is 3.70. The van der Waals surface area contributed by atoms with Gasteiger partial charge in [0.15, 0.2) is 11.5 Å². The van der Waals surface area contributed by atoms with E-state index in [9.17, 15) is 9.59 Å². The van der Waals surface area contributed by atoms with Gasteiger partial charge in [-0.2, -0.15) is 0 Å². The van der Waals surface area contributed by atoms with Gasteiger partial charge in [-0.1, -0.05) is 13.0 Å². The Labute approximate surface area is 110 Å². The first-order chi connectivity index (χ1) is 9.15. The SMILES string of the molecule is CC(c1ccc2c(c1)OCCO2)C1CC(=O)NC1=O. The van der Waals surface area contributed by atoms with Crippen LogP contribution in [0.25, 0.3) is 0 Å². The minimum absolute atomic E-state index is 0.0257. The molecule has 2 aliphatic rings. The summed E-state index contributed by atoms with van der Waals surface area (Å²) in [4.78, 5) is 23.0. The lowest BCUT2D eigenvalue weighted by atomic mass is 9.86. The summed E-state index contributed by atoms with van der Waals surface area (Å²) in [6.45, 7) is 3.04. The van der Waals surface area contributed by atoms with Crippen molar-refractivity contribution in [3.8, 4) is 11.5 Å². The van der Waals surface area contributed by atoms with E-state index in [1.165, 1.54) is 0 Å². The van der Waals surface area contributed by atoms with E-state index in [-0.39, 0.29) is 30.1 Å². The largest absolute Gasteiger partial charge is 0.486 e. The Morgan fingerprint density at radius 2 is 1.95 bits per heavy atom. The van der Waals surface area contributed by atoms with Crippen molar-refractivity contribution >= 4 is 11.8 Å². The van der Waals surface area contributed by atoms with Crippen molar-refractivity contribution in [3.63, 3.8) is 0 Å². The van der Waals surface area contributed by atoms with Crippen LogP contribution >= 0.6 is 0 Å². The highest BCUT2D eigenvalue weighted by Crippen LogP contribution is 2.36. The van der Waals surface area contributed by atoms with E-state index in [1.807, 2.05) is 25.1 Å². The number of ether oxygens (including phenoxy) is 2. The van der Waals surface area contributed by atoms with Crippen molar-refractivity contribution in [1.29, 1.82) is 0 Å². The van der Waals surface area contributed by atoms with Crippen molar-refractivity contribution in [3.05, 3.63) is 23.8 Å². The molecular weight excluding hydrogens is 246 g/mol. The average molecular weight is 261 g/mol. The predicted molar refractivity (Wildman–Crippen MR) is 67.1 cm³/mol. The van der Waals surface area contributed by atoms with Gasteiger partial charge in [0, 0.05) is 6.42 Å². The van der Waals surface area contributed by atoms with Crippen molar-refractivity contribution < 1.29 is 19.1 Å². The van der Waals surface area contributed by atoms with Crippen LogP contribution in [0, 0.1) is 5.92 Å². The number of hydrogen-bond acceptors (Lipinski definition) is 4. The summed E-state index contributed by atoms with van der Waals surface area (Å²) in [5.41, 5.74) is 0.985. The van der Waals surface area contributed by atoms with Gasteiger partial charge >= 0.3 is 0 Å². The third-order valence-corrected chi connectivity index (χ3v) is 3.70. The standard InChI is InChI=1S/C14H15NO4/c1-8(10-7-13(16)15-14(10)17)9-2-3-11-12(6-9)19-5-4-18-11/h2-3,6,8,10H,4-5,7H2,1H3,(H,15,16,17). The van der Waals surface area contributed by atoms with Gasteiger partial charge in [-0.25, -0.2) is 0 Å². The Morgan fingerprint density at radius 3 is 2.63 bits per heavy atom. The maximum Gasteiger partial charge on any atom is 0.230 e. The molecule has 100 valence electrons. The molecule has 0 spiro atoms. The molecule has 3 rings (SSSR count). The minimum atomic E-state index is -0.296. The normalized spacial score (nSPS) is 23.1. The molecule has 2 amide bonds. The number of rotatable bonds is 2. The number of carbonyl (C=O) groups excluding carboxylic acids is 2. The molecular formula is C14H15NO4. The molecule has 0 saturated carbocycles. The quantitative estimate of drug-likeness (QED) is 0.813. The first-order valence-corrected chi connectivity index (χ1v) is 6.38. The second kappa shape index (κ2) is 4.57. The molecule has 0 bridgehead atoms. The zero-order valence-electron chi connectivity index (χ0n) is 10.6. The topological polar surface area (TPSA) is 64.6 Å². The molecule has 1 aromatic rings. The summed E-state index contributed by atoms with van der Waals surface area (Å²) < 4.78 is 11.0. The van der Waals surface area contributed by atoms with Crippen LogP contribution in [0.2, 0.25) is 0 Å². The van der Waals surface area contributed by atoms with Crippen LogP contribution in [0.5, 0.6) is 11.5 Å². The molecule has 0 aromatic heterocycles. The van der Waals surface area contributed by atoms with Gasteiger partial charge in [-0.3, -0.25) is 14.9 Å². The van der Waals surface area contributed by atoms with Crippen molar-refractivity contribution in [1.82, 2.24) is 5.32 Å². The highest BCUT2D eigenvalue weighted by atomic mass is 16.6. The molecule has 19 heavy (non-hydrogen) atoms. The number of amides is 2. The number of nitrogens with one attached hydrogen (secondary N) is 1. The highest BCUT2D eigenvalue weighted by molar-refractivity contribution is 6.03. The van der Waals surface area contributed by atoms with Gasteiger partial charge in [-0.15, -0.1) is 0 Å². The molecule has 2 unspecified atom stereocenters. The number of fused-ring (bicyclic) bond motifs is 1. The number of hydrogen-bond donors (Lipinski definition) is 1. The van der Waals surface area contributed by atoms with E-state index < -0.39 is 0 Å². The fraction of sp³-hybridized carbons (Fsp3) is 0.429. The Morgan fingerprint density at radius 1 is 1.21 bits per heavy atom. The van der Waals surface area contributed by atoms with E-state index in [1.54, 1.807) is 0 Å². The van der Waals surface area contributed by atoms with Crippen LogP contribution in [-0.4, -0.2) is 25.0 Å². The molecule has 0 radical (unpaired) electrons.